The third-order valence-electron chi connectivity index (χ3n) is 9.40. The molecule has 3 aromatic heterocycles. The topological polar surface area (TPSA) is 38.9 Å². The van der Waals surface area contributed by atoms with Gasteiger partial charge in [-0.25, -0.2) is 0 Å². The molecular weight excluding hydrogens is 793 g/mol. The van der Waals surface area contributed by atoms with Crippen LogP contribution in [-0.4, -0.2) is 18.0 Å². The van der Waals surface area contributed by atoms with Crippen molar-refractivity contribution in [3.8, 4) is 33.6 Å². The first kappa shape index (κ1) is 34.7. The van der Waals surface area contributed by atoms with Crippen LogP contribution in [0, 0.1) is 12.1 Å². The fourth-order valence-electron chi connectivity index (χ4n) is 6.88. The molecule has 49 heavy (non-hydrogen) atoms. The number of rotatable bonds is 5. The second-order valence-corrected chi connectivity index (χ2v) is 19.2. The molecule has 0 amide bonds. The first-order chi connectivity index (χ1) is 23.3. The van der Waals surface area contributed by atoms with Gasteiger partial charge >= 0.3 is 0 Å². The van der Waals surface area contributed by atoms with Crippen LogP contribution in [0.25, 0.3) is 55.6 Å². The largest absolute Gasteiger partial charge is 0.501 e. The summed E-state index contributed by atoms with van der Waals surface area (Å²) in [7, 11) is -1.34. The zero-order chi connectivity index (χ0) is 33.3. The summed E-state index contributed by atoms with van der Waals surface area (Å²) in [6, 6.07) is 40.2. The Labute approximate surface area is 305 Å². The second kappa shape index (κ2) is 14.8. The molecule has 8 rings (SSSR count). The Morgan fingerprint density at radius 2 is 1.55 bits per heavy atom. The number of benzene rings is 4. The van der Waals surface area contributed by atoms with E-state index in [1.54, 1.807) is 0 Å². The van der Waals surface area contributed by atoms with Gasteiger partial charge in [-0.1, -0.05) is 110 Å². The van der Waals surface area contributed by atoms with Crippen molar-refractivity contribution in [1.82, 2.24) is 9.97 Å². The maximum Gasteiger partial charge on any atom is 0.121 e. The van der Waals surface area contributed by atoms with Gasteiger partial charge in [0.1, 0.15) is 5.58 Å². The number of pyridine rings is 2. The van der Waals surface area contributed by atoms with Gasteiger partial charge in [0, 0.05) is 37.9 Å². The van der Waals surface area contributed by atoms with Gasteiger partial charge in [-0.15, -0.1) is 54.1 Å². The molecular formula is C44H42IrN2OSi-2. The van der Waals surface area contributed by atoms with Gasteiger partial charge in [-0.05, 0) is 71.4 Å². The smallest absolute Gasteiger partial charge is 0.121 e. The van der Waals surface area contributed by atoms with E-state index in [-0.39, 0.29) is 20.1 Å². The van der Waals surface area contributed by atoms with Gasteiger partial charge in [0.05, 0.1) is 13.7 Å². The van der Waals surface area contributed by atoms with Crippen molar-refractivity contribution in [1.29, 1.82) is 0 Å². The van der Waals surface area contributed by atoms with Crippen molar-refractivity contribution in [3.63, 3.8) is 0 Å². The molecule has 4 aromatic carbocycles. The number of aryl methyl sites for hydroxylation is 1. The summed E-state index contributed by atoms with van der Waals surface area (Å²) in [5, 5.41) is 3.74. The van der Waals surface area contributed by atoms with Gasteiger partial charge in [-0.2, -0.15) is 0 Å². The molecule has 5 heteroatoms. The average molecular weight is 835 g/mol. The van der Waals surface area contributed by atoms with Crippen LogP contribution in [0.5, 0.6) is 0 Å². The van der Waals surface area contributed by atoms with E-state index in [4.69, 9.17) is 9.40 Å². The SMILES string of the molecule is CC(C)c1cc(-c2[c-]cccc2)ncc1[Si](C)(C)C.[Ir].[c-]1ccc2c(oc3cc(-c4ccccc4)ccc32)c1-c1nccc2c1CCCC2. The van der Waals surface area contributed by atoms with Gasteiger partial charge in [0.15, 0.2) is 0 Å². The standard InChI is InChI=1S/C27H20NO.C17H22NSi.Ir/c1-2-7-18(8-3-1)20-13-14-22-23-11-6-12-24(27(23)29-25(22)17-20)26-21-10-5-4-9-19(21)15-16-28-26;1-13(2)15-11-16(14-9-7-6-8-10-14)18-12-17(15)19(3,4)5;/h1-3,6-8,11,13-17H,4-5,9-10H2;6-9,11-13H,1-5H3;/q2*-1;. The van der Waals surface area contributed by atoms with Gasteiger partial charge in [0.2, 0.25) is 0 Å². The number of fused-ring (bicyclic) bond motifs is 4. The molecule has 7 aromatic rings. The Morgan fingerprint density at radius 3 is 2.31 bits per heavy atom. The van der Waals surface area contributed by atoms with Gasteiger partial charge in [0.25, 0.3) is 0 Å². The van der Waals surface area contributed by atoms with Crippen molar-refractivity contribution in [2.75, 3.05) is 0 Å². The molecule has 0 fully saturated rings. The quantitative estimate of drug-likeness (QED) is 0.128. The van der Waals surface area contributed by atoms with Crippen LogP contribution in [0.1, 0.15) is 49.3 Å². The van der Waals surface area contributed by atoms with Crippen LogP contribution >= 0.6 is 0 Å². The summed E-state index contributed by atoms with van der Waals surface area (Å²) in [4.78, 5) is 9.42. The van der Waals surface area contributed by atoms with E-state index in [0.717, 1.165) is 62.9 Å². The van der Waals surface area contributed by atoms with Crippen LogP contribution < -0.4 is 5.19 Å². The predicted octanol–water partition coefficient (Wildman–Crippen LogP) is 11.2. The molecule has 1 aliphatic rings. The second-order valence-electron chi connectivity index (χ2n) is 14.1. The Balaban J connectivity index is 0.000000183. The Hall–Kier alpha value is -4.15. The molecule has 0 N–H and O–H groups in total. The van der Waals surface area contributed by atoms with E-state index in [9.17, 15) is 0 Å². The number of nitrogens with zero attached hydrogens (tertiary/aromatic N) is 2. The third kappa shape index (κ3) is 7.26. The summed E-state index contributed by atoms with van der Waals surface area (Å²) in [6.45, 7) is 11.7. The van der Waals surface area contributed by atoms with Crippen molar-refractivity contribution < 1.29 is 24.5 Å². The number of furan rings is 1. The van der Waals surface area contributed by atoms with Gasteiger partial charge in [-0.3, -0.25) is 0 Å². The monoisotopic (exact) mass is 835 g/mol. The van der Waals surface area contributed by atoms with E-state index in [2.05, 4.69) is 124 Å². The molecule has 1 aliphatic carbocycles. The summed E-state index contributed by atoms with van der Waals surface area (Å²) in [6.07, 6.45) is 8.74. The van der Waals surface area contributed by atoms with E-state index in [1.807, 2.05) is 36.5 Å². The van der Waals surface area contributed by atoms with Crippen molar-refractivity contribution in [2.45, 2.75) is 65.1 Å². The molecule has 3 nitrogen and oxygen atoms in total. The average Bonchev–Trinajstić information content (AvgIpc) is 3.50. The normalized spacial score (nSPS) is 12.7. The summed E-state index contributed by atoms with van der Waals surface area (Å²) < 4.78 is 6.42. The Kier molecular flexibility index (Phi) is 10.5. The number of hydrogen-bond acceptors (Lipinski definition) is 3. The summed E-state index contributed by atoms with van der Waals surface area (Å²) in [5.41, 5.74) is 12.5. The maximum absolute atomic E-state index is 6.42. The summed E-state index contributed by atoms with van der Waals surface area (Å²) in [5.74, 6) is 0.534. The molecule has 0 saturated carbocycles. The van der Waals surface area contributed by atoms with E-state index in [0.29, 0.717) is 5.92 Å². The minimum absolute atomic E-state index is 0. The number of aromatic nitrogens is 2. The Bertz CT molecular complexity index is 2200. The molecule has 249 valence electrons. The predicted molar refractivity (Wildman–Crippen MR) is 203 cm³/mol. The first-order valence-electron chi connectivity index (χ1n) is 17.1. The van der Waals surface area contributed by atoms with Crippen molar-refractivity contribution in [2.24, 2.45) is 0 Å². The molecule has 3 heterocycles. The van der Waals surface area contributed by atoms with Crippen LogP contribution in [-0.2, 0) is 32.9 Å². The first-order valence-corrected chi connectivity index (χ1v) is 20.6. The fraction of sp³-hybridized carbons (Fsp3) is 0.227. The zero-order valence-electron chi connectivity index (χ0n) is 28.9. The fourth-order valence-corrected chi connectivity index (χ4v) is 8.56. The van der Waals surface area contributed by atoms with E-state index < -0.39 is 8.07 Å². The van der Waals surface area contributed by atoms with Gasteiger partial charge < -0.3 is 14.4 Å². The Morgan fingerprint density at radius 1 is 0.755 bits per heavy atom. The van der Waals surface area contributed by atoms with Crippen LogP contribution in [0.2, 0.25) is 19.6 Å². The van der Waals surface area contributed by atoms with Crippen LogP contribution in [0.3, 0.4) is 0 Å². The minimum Gasteiger partial charge on any atom is -0.501 e. The molecule has 0 bridgehead atoms. The van der Waals surface area contributed by atoms with E-state index >= 15 is 0 Å². The maximum atomic E-state index is 6.42. The minimum atomic E-state index is -1.34. The molecule has 0 spiro atoms. The number of hydrogen-bond donors (Lipinski definition) is 0. The zero-order valence-corrected chi connectivity index (χ0v) is 32.3. The molecule has 0 atom stereocenters. The van der Waals surface area contributed by atoms with E-state index in [1.165, 1.54) is 40.3 Å². The van der Waals surface area contributed by atoms with Crippen molar-refractivity contribution >= 4 is 35.2 Å². The van der Waals surface area contributed by atoms with Crippen LogP contribution in [0.4, 0.5) is 0 Å². The molecule has 0 saturated heterocycles. The summed E-state index contributed by atoms with van der Waals surface area (Å²) >= 11 is 0. The molecule has 1 radical (unpaired) electrons. The third-order valence-corrected chi connectivity index (χ3v) is 11.4. The molecule has 0 aliphatic heterocycles. The molecule has 0 unspecified atom stereocenters. The van der Waals surface area contributed by atoms with Crippen molar-refractivity contribution in [3.05, 3.63) is 138 Å². The van der Waals surface area contributed by atoms with Crippen LogP contribution in [0.15, 0.2) is 114 Å².